The number of urea groups is 1. The fourth-order valence-corrected chi connectivity index (χ4v) is 7.03. The number of anilines is 1. The highest BCUT2D eigenvalue weighted by molar-refractivity contribution is 7.89. The molecule has 10 nitrogen and oxygen atoms in total. The van der Waals surface area contributed by atoms with Gasteiger partial charge in [0, 0.05) is 50.7 Å². The number of carbonyl (C=O) groups is 3. The van der Waals surface area contributed by atoms with Crippen LogP contribution in [0.1, 0.15) is 57.8 Å². The van der Waals surface area contributed by atoms with E-state index in [1.807, 2.05) is 20.9 Å². The van der Waals surface area contributed by atoms with E-state index in [0.29, 0.717) is 49.5 Å². The minimum absolute atomic E-state index is 0.128. The summed E-state index contributed by atoms with van der Waals surface area (Å²) in [7, 11) is 1.40. The van der Waals surface area contributed by atoms with Gasteiger partial charge in [0.1, 0.15) is 5.00 Å². The average molecular weight is 550 g/mol. The average Bonchev–Trinajstić information content (AvgIpc) is 3.20. The minimum atomic E-state index is -3.66. The number of hydrogen-bond donors (Lipinski definition) is 2. The Hall–Kier alpha value is -2.80. The molecule has 0 radical (unpaired) electrons. The van der Waals surface area contributed by atoms with Crippen LogP contribution < -0.4 is 10.6 Å². The zero-order valence-electron chi connectivity index (χ0n) is 22.0. The molecular formula is C25H35N5O5S2. The molecule has 12 heteroatoms. The summed E-state index contributed by atoms with van der Waals surface area (Å²) in [5.74, 6) is -1.03. The van der Waals surface area contributed by atoms with Crippen LogP contribution in [0.4, 0.5) is 9.80 Å². The first-order valence-corrected chi connectivity index (χ1v) is 14.5. The molecule has 1 aromatic heterocycles. The molecule has 1 aliphatic rings. The fourth-order valence-electron chi connectivity index (χ4n) is 4.08. The summed E-state index contributed by atoms with van der Waals surface area (Å²) in [6.45, 7) is 6.10. The maximum Gasteiger partial charge on any atom is 0.323 e. The minimum Gasteiger partial charge on any atom is -0.331 e. The number of amides is 4. The van der Waals surface area contributed by atoms with E-state index in [1.54, 1.807) is 0 Å². The number of thiophene rings is 1. The van der Waals surface area contributed by atoms with Crippen molar-refractivity contribution >= 4 is 44.2 Å². The monoisotopic (exact) mass is 549 g/mol. The van der Waals surface area contributed by atoms with Crippen molar-refractivity contribution < 1.29 is 22.8 Å². The van der Waals surface area contributed by atoms with Gasteiger partial charge >= 0.3 is 6.03 Å². The summed E-state index contributed by atoms with van der Waals surface area (Å²) in [5, 5.41) is 5.55. The molecule has 202 valence electrons. The molecule has 4 amide bonds. The smallest absolute Gasteiger partial charge is 0.323 e. The molecule has 0 fully saturated rings. The van der Waals surface area contributed by atoms with E-state index < -0.39 is 27.9 Å². The van der Waals surface area contributed by atoms with Crippen LogP contribution in [0, 0.1) is 0 Å². The number of likely N-dealkylation sites (N-methyl/N-ethyl adjacent to an activating group) is 1. The van der Waals surface area contributed by atoms with Gasteiger partial charge in [-0.25, -0.2) is 13.2 Å². The zero-order chi connectivity index (χ0) is 27.3. The van der Waals surface area contributed by atoms with Crippen molar-refractivity contribution in [1.29, 1.82) is 0 Å². The lowest BCUT2D eigenvalue weighted by molar-refractivity contribution is 0.0956. The van der Waals surface area contributed by atoms with Crippen molar-refractivity contribution in [2.75, 3.05) is 46.1 Å². The fraction of sp³-hybridized carbons (Fsp3) is 0.480. The van der Waals surface area contributed by atoms with Crippen molar-refractivity contribution in [2.45, 2.75) is 44.6 Å². The molecule has 0 saturated carbocycles. The van der Waals surface area contributed by atoms with Gasteiger partial charge in [-0.05, 0) is 56.1 Å². The van der Waals surface area contributed by atoms with E-state index in [1.165, 1.54) is 58.9 Å². The summed E-state index contributed by atoms with van der Waals surface area (Å²) in [6, 6.07) is 5.25. The number of sulfonamides is 1. The van der Waals surface area contributed by atoms with Crippen LogP contribution in [0.25, 0.3) is 0 Å². The lowest BCUT2D eigenvalue weighted by atomic mass is 10.0. The van der Waals surface area contributed by atoms with Gasteiger partial charge in [0.25, 0.3) is 11.8 Å². The predicted octanol–water partition coefficient (Wildman–Crippen LogP) is 3.21. The van der Waals surface area contributed by atoms with E-state index in [0.717, 1.165) is 17.0 Å². The van der Waals surface area contributed by atoms with Gasteiger partial charge < -0.3 is 15.1 Å². The van der Waals surface area contributed by atoms with Crippen molar-refractivity contribution in [2.24, 2.45) is 0 Å². The lowest BCUT2D eigenvalue weighted by Gasteiger charge is -2.22. The molecule has 0 atom stereocenters. The molecular weight excluding hydrogens is 514 g/mol. The highest BCUT2D eigenvalue weighted by Crippen LogP contribution is 2.37. The SMILES string of the molecule is CCCN(CCC)S(=O)(=O)c1ccc(C(=O)Nc2sc3c(c2C(=O)NC(=O)N(C)C)CCN(C)C3)cc1. The van der Waals surface area contributed by atoms with Gasteiger partial charge in [0.05, 0.1) is 10.5 Å². The number of fused-ring (bicyclic) bond motifs is 1. The van der Waals surface area contributed by atoms with Crippen molar-refractivity contribution in [3.63, 3.8) is 0 Å². The summed E-state index contributed by atoms with van der Waals surface area (Å²) in [6.07, 6.45) is 2.03. The van der Waals surface area contributed by atoms with Gasteiger partial charge in [-0.2, -0.15) is 4.31 Å². The van der Waals surface area contributed by atoms with Crippen LogP contribution in [0.3, 0.4) is 0 Å². The Morgan fingerprint density at radius 3 is 2.22 bits per heavy atom. The van der Waals surface area contributed by atoms with Crippen LogP contribution >= 0.6 is 11.3 Å². The lowest BCUT2D eigenvalue weighted by Crippen LogP contribution is -2.39. The molecule has 0 spiro atoms. The second-order valence-corrected chi connectivity index (χ2v) is 12.3. The number of hydrogen-bond acceptors (Lipinski definition) is 7. The summed E-state index contributed by atoms with van der Waals surface area (Å²) in [5.41, 5.74) is 1.39. The molecule has 2 N–H and O–H groups in total. The van der Waals surface area contributed by atoms with Gasteiger partial charge in [-0.15, -0.1) is 11.3 Å². The molecule has 2 heterocycles. The Balaban J connectivity index is 1.87. The first-order valence-electron chi connectivity index (χ1n) is 12.3. The standard InChI is InChI=1S/C25H35N5O5S2/c1-6-13-30(14-7-2)37(34,35)18-10-8-17(9-11-18)22(31)26-24-21(23(32)27-25(33)28(3)4)19-12-15-29(5)16-20(19)36-24/h8-11H,6-7,12-16H2,1-5H3,(H,26,31)(H,27,32,33). The number of nitrogens with one attached hydrogen (secondary N) is 2. The third-order valence-electron chi connectivity index (χ3n) is 6.03. The Labute approximate surface area is 222 Å². The first-order chi connectivity index (χ1) is 17.5. The molecule has 0 saturated heterocycles. The van der Waals surface area contributed by atoms with Crippen molar-refractivity contribution in [1.82, 2.24) is 19.4 Å². The Kier molecular flexibility index (Phi) is 9.46. The van der Waals surface area contributed by atoms with E-state index in [9.17, 15) is 22.8 Å². The molecule has 3 rings (SSSR count). The number of benzene rings is 1. The first kappa shape index (κ1) is 28.8. The number of imide groups is 1. The van der Waals surface area contributed by atoms with Gasteiger partial charge in [0.2, 0.25) is 10.0 Å². The highest BCUT2D eigenvalue weighted by atomic mass is 32.2. The third-order valence-corrected chi connectivity index (χ3v) is 9.07. The second-order valence-electron chi connectivity index (χ2n) is 9.23. The van der Waals surface area contributed by atoms with Crippen LogP contribution in [0.15, 0.2) is 29.2 Å². The van der Waals surface area contributed by atoms with Crippen molar-refractivity contribution in [3.8, 4) is 0 Å². The number of rotatable bonds is 9. The molecule has 1 aliphatic heterocycles. The zero-order valence-corrected chi connectivity index (χ0v) is 23.6. The molecule has 1 aromatic carbocycles. The summed E-state index contributed by atoms with van der Waals surface area (Å²) in [4.78, 5) is 42.8. The van der Waals surface area contributed by atoms with Crippen LogP contribution in [0.2, 0.25) is 0 Å². The van der Waals surface area contributed by atoms with E-state index in [2.05, 4.69) is 15.5 Å². The summed E-state index contributed by atoms with van der Waals surface area (Å²) >= 11 is 1.31. The van der Waals surface area contributed by atoms with Crippen LogP contribution in [-0.2, 0) is 23.0 Å². The van der Waals surface area contributed by atoms with E-state index in [-0.39, 0.29) is 10.5 Å². The molecule has 2 aromatic rings. The maximum atomic E-state index is 13.1. The van der Waals surface area contributed by atoms with Gasteiger partial charge in [0.15, 0.2) is 0 Å². The Bertz CT molecular complexity index is 1250. The van der Waals surface area contributed by atoms with Gasteiger partial charge in [-0.1, -0.05) is 13.8 Å². The van der Waals surface area contributed by atoms with E-state index in [4.69, 9.17) is 0 Å². The molecule has 37 heavy (non-hydrogen) atoms. The molecule has 0 bridgehead atoms. The van der Waals surface area contributed by atoms with E-state index >= 15 is 0 Å². The maximum absolute atomic E-state index is 13.1. The topological polar surface area (TPSA) is 119 Å². The van der Waals surface area contributed by atoms with Crippen molar-refractivity contribution in [3.05, 3.63) is 45.8 Å². The Morgan fingerprint density at radius 2 is 1.65 bits per heavy atom. The molecule has 0 unspecified atom stereocenters. The number of carbonyl (C=O) groups excluding carboxylic acids is 3. The van der Waals surface area contributed by atoms with Crippen LogP contribution in [-0.4, -0.2) is 81.1 Å². The Morgan fingerprint density at radius 1 is 1.03 bits per heavy atom. The summed E-state index contributed by atoms with van der Waals surface area (Å²) < 4.78 is 27.5. The molecule has 0 aliphatic carbocycles. The highest BCUT2D eigenvalue weighted by Gasteiger charge is 2.29. The van der Waals surface area contributed by atoms with Gasteiger partial charge in [-0.3, -0.25) is 14.9 Å². The number of nitrogens with zero attached hydrogens (tertiary/aromatic N) is 3. The quantitative estimate of drug-likeness (QED) is 0.496. The predicted molar refractivity (Wildman–Crippen MR) is 145 cm³/mol. The third kappa shape index (κ3) is 6.56. The second kappa shape index (κ2) is 12.2. The largest absolute Gasteiger partial charge is 0.331 e. The van der Waals surface area contributed by atoms with Crippen LogP contribution in [0.5, 0.6) is 0 Å². The normalized spacial score (nSPS) is 13.8.